The summed E-state index contributed by atoms with van der Waals surface area (Å²) < 4.78 is 1.18. The Bertz CT molecular complexity index is 814. The Kier molecular flexibility index (Phi) is 4.20. The molecule has 0 atom stereocenters. The number of hydrogen-bond acceptors (Lipinski definition) is 3. The molecule has 1 heterocycles. The fraction of sp³-hybridized carbons (Fsp3) is 0.154. The van der Waals surface area contributed by atoms with E-state index in [1.165, 1.54) is 29.8 Å². The Morgan fingerprint density at radius 3 is 2.57 bits per heavy atom. The second-order valence-electron chi connectivity index (χ2n) is 4.22. The summed E-state index contributed by atoms with van der Waals surface area (Å²) in [6, 6.07) is 3.94. The van der Waals surface area contributed by atoms with Crippen LogP contribution < -0.4 is 10.9 Å². The Hall–Kier alpha value is -2.05. The smallest absolute Gasteiger partial charge is 0.338 e. The standard InChI is InChI=1S/C13H10Cl2N2O4/c1-16-9(18)5-17-8-4-7(14)11(13(20)21)12(15)6(8)2-3-10(17)19/h2-4H,5H2,1H3,(H,16,18)(H,20,21). The monoisotopic (exact) mass is 328 g/mol. The summed E-state index contributed by atoms with van der Waals surface area (Å²) >= 11 is 12.0. The Morgan fingerprint density at radius 1 is 1.33 bits per heavy atom. The zero-order valence-corrected chi connectivity index (χ0v) is 12.3. The van der Waals surface area contributed by atoms with E-state index in [4.69, 9.17) is 28.3 Å². The maximum absolute atomic E-state index is 11.9. The van der Waals surface area contributed by atoms with Crippen molar-refractivity contribution in [1.82, 2.24) is 9.88 Å². The lowest BCUT2D eigenvalue weighted by molar-refractivity contribution is -0.121. The van der Waals surface area contributed by atoms with Crippen LogP contribution in [0.5, 0.6) is 0 Å². The highest BCUT2D eigenvalue weighted by atomic mass is 35.5. The van der Waals surface area contributed by atoms with Crippen molar-refractivity contribution < 1.29 is 14.7 Å². The number of pyridine rings is 1. The number of carbonyl (C=O) groups is 2. The van der Waals surface area contributed by atoms with Gasteiger partial charge in [-0.2, -0.15) is 0 Å². The molecule has 0 aliphatic heterocycles. The second kappa shape index (κ2) is 5.75. The predicted octanol–water partition coefficient (Wildman–Crippen LogP) is 1.75. The SMILES string of the molecule is CNC(=O)Cn1c(=O)ccc2c(Cl)c(C(=O)O)c(Cl)cc21. The lowest BCUT2D eigenvalue weighted by Crippen LogP contribution is -2.30. The first-order chi connectivity index (χ1) is 9.86. The molecule has 0 aliphatic rings. The summed E-state index contributed by atoms with van der Waals surface area (Å²) in [7, 11) is 1.45. The molecule has 0 fully saturated rings. The van der Waals surface area contributed by atoms with Crippen LogP contribution in [0.25, 0.3) is 10.9 Å². The van der Waals surface area contributed by atoms with Gasteiger partial charge < -0.3 is 10.4 Å². The maximum Gasteiger partial charge on any atom is 0.338 e. The normalized spacial score (nSPS) is 10.6. The number of aromatic nitrogens is 1. The topological polar surface area (TPSA) is 88.4 Å². The fourth-order valence-electron chi connectivity index (χ4n) is 1.95. The molecule has 6 nitrogen and oxygen atoms in total. The van der Waals surface area contributed by atoms with Gasteiger partial charge in [-0.1, -0.05) is 23.2 Å². The largest absolute Gasteiger partial charge is 0.478 e. The van der Waals surface area contributed by atoms with Crippen LogP contribution in [0.4, 0.5) is 0 Å². The number of amides is 1. The number of likely N-dealkylation sites (N-methyl/N-ethyl adjacent to an activating group) is 1. The lowest BCUT2D eigenvalue weighted by atomic mass is 10.1. The van der Waals surface area contributed by atoms with E-state index >= 15 is 0 Å². The average Bonchev–Trinajstić information content (AvgIpc) is 2.41. The molecule has 8 heteroatoms. The van der Waals surface area contributed by atoms with Crippen LogP contribution in [-0.2, 0) is 11.3 Å². The molecule has 0 radical (unpaired) electrons. The molecule has 0 saturated carbocycles. The fourth-order valence-corrected chi connectivity index (χ4v) is 2.62. The number of benzene rings is 1. The van der Waals surface area contributed by atoms with Crippen LogP contribution in [0.15, 0.2) is 23.0 Å². The summed E-state index contributed by atoms with van der Waals surface area (Å²) in [5.74, 6) is -1.64. The van der Waals surface area contributed by atoms with Gasteiger partial charge >= 0.3 is 5.97 Å². The molecule has 0 aliphatic carbocycles. The molecule has 1 aromatic heterocycles. The van der Waals surface area contributed by atoms with Crippen LogP contribution >= 0.6 is 23.2 Å². The number of fused-ring (bicyclic) bond motifs is 1. The van der Waals surface area contributed by atoms with E-state index in [1.54, 1.807) is 0 Å². The van der Waals surface area contributed by atoms with Gasteiger partial charge in [-0.3, -0.25) is 14.2 Å². The van der Waals surface area contributed by atoms with Gasteiger partial charge in [-0.05, 0) is 12.1 Å². The minimum atomic E-state index is -1.27. The minimum absolute atomic E-state index is 0.0735. The molecule has 21 heavy (non-hydrogen) atoms. The number of hydrogen-bond donors (Lipinski definition) is 2. The molecule has 110 valence electrons. The maximum atomic E-state index is 11.9. The molecular formula is C13H10Cl2N2O4. The number of nitrogens with zero attached hydrogens (tertiary/aromatic N) is 1. The number of carboxylic acids is 1. The number of carbonyl (C=O) groups excluding carboxylic acids is 1. The highest BCUT2D eigenvalue weighted by molar-refractivity contribution is 6.42. The summed E-state index contributed by atoms with van der Waals surface area (Å²) in [6.45, 7) is -0.217. The zero-order valence-electron chi connectivity index (χ0n) is 10.8. The Morgan fingerprint density at radius 2 is 2.00 bits per heavy atom. The quantitative estimate of drug-likeness (QED) is 0.898. The van der Waals surface area contributed by atoms with Gasteiger partial charge in [-0.25, -0.2) is 4.79 Å². The van der Waals surface area contributed by atoms with Gasteiger partial charge in [0.1, 0.15) is 6.54 Å². The first-order valence-electron chi connectivity index (χ1n) is 5.82. The van der Waals surface area contributed by atoms with Crippen molar-refractivity contribution in [3.8, 4) is 0 Å². The number of carboxylic acid groups (broad SMARTS) is 1. The summed E-state index contributed by atoms with van der Waals surface area (Å²) in [5, 5.41) is 11.7. The van der Waals surface area contributed by atoms with Gasteiger partial charge in [0.2, 0.25) is 5.91 Å². The molecule has 2 N–H and O–H groups in total. The highest BCUT2D eigenvalue weighted by Crippen LogP contribution is 2.32. The second-order valence-corrected chi connectivity index (χ2v) is 5.00. The van der Waals surface area contributed by atoms with Crippen molar-refractivity contribution in [3.63, 3.8) is 0 Å². The summed E-state index contributed by atoms with van der Waals surface area (Å²) in [6.07, 6.45) is 0. The predicted molar refractivity (Wildman–Crippen MR) is 79.3 cm³/mol. The van der Waals surface area contributed by atoms with Crippen LogP contribution in [0.3, 0.4) is 0 Å². The van der Waals surface area contributed by atoms with Gasteiger partial charge in [0.25, 0.3) is 5.56 Å². The van der Waals surface area contributed by atoms with E-state index < -0.39 is 11.5 Å². The summed E-state index contributed by atoms with van der Waals surface area (Å²) in [5.41, 5.74) is -0.358. The van der Waals surface area contributed by atoms with Crippen LogP contribution in [-0.4, -0.2) is 28.6 Å². The molecule has 2 rings (SSSR count). The molecule has 2 aromatic rings. The summed E-state index contributed by atoms with van der Waals surface area (Å²) in [4.78, 5) is 34.6. The van der Waals surface area contributed by atoms with Crippen molar-refractivity contribution in [2.24, 2.45) is 0 Å². The third kappa shape index (κ3) is 2.72. The Balaban J connectivity index is 2.82. The number of nitrogens with one attached hydrogen (secondary N) is 1. The Labute approximate surface area is 128 Å². The molecule has 0 saturated heterocycles. The first kappa shape index (κ1) is 15.3. The van der Waals surface area contributed by atoms with Gasteiger partial charge in [0.05, 0.1) is 21.1 Å². The third-order valence-electron chi connectivity index (χ3n) is 2.98. The highest BCUT2D eigenvalue weighted by Gasteiger charge is 2.19. The average molecular weight is 329 g/mol. The van der Waals surface area contributed by atoms with E-state index in [0.717, 1.165) is 0 Å². The molecular weight excluding hydrogens is 319 g/mol. The van der Waals surface area contributed by atoms with Crippen molar-refractivity contribution in [2.75, 3.05) is 7.05 Å². The third-order valence-corrected chi connectivity index (χ3v) is 3.67. The van der Waals surface area contributed by atoms with Crippen molar-refractivity contribution in [3.05, 3.63) is 44.2 Å². The molecule has 1 amide bonds. The van der Waals surface area contributed by atoms with Crippen molar-refractivity contribution in [2.45, 2.75) is 6.54 Å². The van der Waals surface area contributed by atoms with Crippen LogP contribution in [0, 0.1) is 0 Å². The minimum Gasteiger partial charge on any atom is -0.478 e. The van der Waals surface area contributed by atoms with Gasteiger partial charge in [0, 0.05) is 18.5 Å². The van der Waals surface area contributed by atoms with E-state index in [-0.39, 0.29) is 28.1 Å². The lowest BCUT2D eigenvalue weighted by Gasteiger charge is -2.12. The van der Waals surface area contributed by atoms with E-state index in [1.807, 2.05) is 0 Å². The molecule has 1 aromatic carbocycles. The first-order valence-corrected chi connectivity index (χ1v) is 6.57. The van der Waals surface area contributed by atoms with E-state index in [2.05, 4.69) is 5.32 Å². The van der Waals surface area contributed by atoms with Gasteiger partial charge in [-0.15, -0.1) is 0 Å². The van der Waals surface area contributed by atoms with E-state index in [0.29, 0.717) is 10.9 Å². The molecule has 0 spiro atoms. The molecule has 0 unspecified atom stereocenters. The molecule has 0 bridgehead atoms. The van der Waals surface area contributed by atoms with Crippen LogP contribution in [0.2, 0.25) is 10.0 Å². The number of rotatable bonds is 3. The van der Waals surface area contributed by atoms with Gasteiger partial charge in [0.15, 0.2) is 0 Å². The number of halogens is 2. The van der Waals surface area contributed by atoms with Crippen molar-refractivity contribution >= 4 is 46.0 Å². The zero-order chi connectivity index (χ0) is 15.7. The van der Waals surface area contributed by atoms with Crippen molar-refractivity contribution in [1.29, 1.82) is 0 Å². The van der Waals surface area contributed by atoms with E-state index in [9.17, 15) is 14.4 Å². The van der Waals surface area contributed by atoms with Crippen LogP contribution in [0.1, 0.15) is 10.4 Å². The number of aromatic carboxylic acids is 1.